The molecule has 2 aliphatic heterocycles. The highest BCUT2D eigenvalue weighted by molar-refractivity contribution is 5.73. The van der Waals surface area contributed by atoms with Gasteiger partial charge in [-0.1, -0.05) is 25.7 Å². The van der Waals surface area contributed by atoms with Crippen LogP contribution in [0.15, 0.2) is 0 Å². The van der Waals surface area contributed by atoms with E-state index in [1.54, 1.807) is 0 Å². The number of rotatable bonds is 7. The van der Waals surface area contributed by atoms with Crippen LogP contribution in [0.1, 0.15) is 103 Å². The smallest absolute Gasteiger partial charge is 0.308 e. The lowest BCUT2D eigenvalue weighted by molar-refractivity contribution is -0.151. The van der Waals surface area contributed by atoms with E-state index < -0.39 is 0 Å². The average Bonchev–Trinajstić information content (AvgIpc) is 2.81. The van der Waals surface area contributed by atoms with Crippen molar-refractivity contribution in [3.8, 4) is 0 Å². The number of hydrogen-bond acceptors (Lipinski definition) is 8. The van der Waals surface area contributed by atoms with Gasteiger partial charge in [-0.05, 0) is 64.2 Å². The molecule has 2 fully saturated rings. The molecule has 8 nitrogen and oxygen atoms in total. The molecule has 0 spiro atoms. The van der Waals surface area contributed by atoms with E-state index in [2.05, 4.69) is 0 Å². The van der Waals surface area contributed by atoms with Crippen LogP contribution in [-0.2, 0) is 38.1 Å². The van der Waals surface area contributed by atoms with Gasteiger partial charge in [0.05, 0.1) is 38.3 Å². The Morgan fingerprint density at radius 2 is 0.882 bits per heavy atom. The summed E-state index contributed by atoms with van der Waals surface area (Å²) >= 11 is 0. The number of carbonyl (C=O) groups excluding carboxylic acids is 4. The van der Waals surface area contributed by atoms with Gasteiger partial charge in [-0.3, -0.25) is 19.2 Å². The van der Waals surface area contributed by atoms with Gasteiger partial charge in [-0.25, -0.2) is 0 Å². The Bertz CT molecular complexity index is 578. The second kappa shape index (κ2) is 17.3. The first-order valence-electron chi connectivity index (χ1n) is 13.2. The lowest BCUT2D eigenvalue weighted by Crippen LogP contribution is -2.20. The van der Waals surface area contributed by atoms with Crippen LogP contribution in [-0.4, -0.2) is 50.3 Å². The summed E-state index contributed by atoms with van der Waals surface area (Å²) in [5.41, 5.74) is 0. The molecule has 0 N–H and O–H groups in total. The van der Waals surface area contributed by atoms with E-state index >= 15 is 0 Å². The number of unbranched alkanes of at least 4 members (excludes halogenated alkanes) is 3. The Labute approximate surface area is 203 Å². The van der Waals surface area contributed by atoms with E-state index in [0.29, 0.717) is 90.6 Å². The standard InChI is InChI=1S/C26H42O8/c27-23-15-9-13-21(25(29)33-19-7-5-17-31-23)11-3-1-2-4-12-22-14-10-16-24(28)32-18-6-8-20-34-26(22)30/h21-22H,1-20H2. The quantitative estimate of drug-likeness (QED) is 0.293. The molecule has 8 heteroatoms. The maximum atomic E-state index is 12.4. The Hall–Kier alpha value is -2.12. The van der Waals surface area contributed by atoms with E-state index in [-0.39, 0.29) is 35.7 Å². The van der Waals surface area contributed by atoms with Gasteiger partial charge < -0.3 is 18.9 Å². The van der Waals surface area contributed by atoms with Crippen LogP contribution in [0.3, 0.4) is 0 Å². The molecule has 0 bridgehead atoms. The number of carbonyl (C=O) groups is 4. The molecular formula is C26H42O8. The zero-order valence-corrected chi connectivity index (χ0v) is 20.6. The molecule has 0 aromatic heterocycles. The van der Waals surface area contributed by atoms with Gasteiger partial charge in [0.2, 0.25) is 0 Å². The molecule has 2 rings (SSSR count). The van der Waals surface area contributed by atoms with Crippen molar-refractivity contribution in [3.05, 3.63) is 0 Å². The Morgan fingerprint density at radius 1 is 0.500 bits per heavy atom. The molecule has 2 saturated heterocycles. The normalized spacial score (nSPS) is 24.7. The van der Waals surface area contributed by atoms with Crippen LogP contribution in [0.4, 0.5) is 0 Å². The summed E-state index contributed by atoms with van der Waals surface area (Å²) in [5, 5.41) is 0. The monoisotopic (exact) mass is 482 g/mol. The maximum Gasteiger partial charge on any atom is 0.308 e. The van der Waals surface area contributed by atoms with Crippen molar-refractivity contribution in [1.82, 2.24) is 0 Å². The minimum absolute atomic E-state index is 0.150. The van der Waals surface area contributed by atoms with Gasteiger partial charge in [0, 0.05) is 12.8 Å². The highest BCUT2D eigenvalue weighted by atomic mass is 16.5. The molecule has 0 saturated carbocycles. The number of ether oxygens (including phenoxy) is 4. The van der Waals surface area contributed by atoms with Crippen molar-refractivity contribution < 1.29 is 38.1 Å². The Morgan fingerprint density at radius 3 is 1.29 bits per heavy atom. The fraction of sp³-hybridized carbons (Fsp3) is 0.846. The fourth-order valence-corrected chi connectivity index (χ4v) is 4.39. The first kappa shape index (κ1) is 28.1. The number of esters is 4. The van der Waals surface area contributed by atoms with Gasteiger partial charge in [0.25, 0.3) is 0 Å². The third-order valence-electron chi connectivity index (χ3n) is 6.48. The molecule has 34 heavy (non-hydrogen) atoms. The first-order valence-corrected chi connectivity index (χ1v) is 13.2. The average molecular weight is 483 g/mol. The minimum Gasteiger partial charge on any atom is -0.466 e. The zero-order valence-electron chi connectivity index (χ0n) is 20.6. The molecule has 2 aliphatic rings. The molecule has 2 atom stereocenters. The third kappa shape index (κ3) is 12.4. The molecule has 0 radical (unpaired) electrons. The molecule has 2 heterocycles. The van der Waals surface area contributed by atoms with Crippen LogP contribution < -0.4 is 0 Å². The minimum atomic E-state index is -0.185. The van der Waals surface area contributed by atoms with E-state index in [1.165, 1.54) is 0 Å². The van der Waals surface area contributed by atoms with Gasteiger partial charge in [0.15, 0.2) is 0 Å². The van der Waals surface area contributed by atoms with E-state index in [0.717, 1.165) is 38.5 Å². The van der Waals surface area contributed by atoms with Crippen molar-refractivity contribution in [2.75, 3.05) is 26.4 Å². The molecule has 0 aromatic rings. The molecular weight excluding hydrogens is 440 g/mol. The van der Waals surface area contributed by atoms with Crippen LogP contribution >= 0.6 is 0 Å². The summed E-state index contributed by atoms with van der Waals surface area (Å²) in [5.74, 6) is -1.02. The number of cyclic esters (lactones) is 4. The van der Waals surface area contributed by atoms with Crippen LogP contribution in [0.2, 0.25) is 0 Å². The molecule has 0 aromatic carbocycles. The van der Waals surface area contributed by atoms with Crippen LogP contribution in [0.25, 0.3) is 0 Å². The molecule has 0 aliphatic carbocycles. The van der Waals surface area contributed by atoms with Gasteiger partial charge in [0.1, 0.15) is 0 Å². The summed E-state index contributed by atoms with van der Waals surface area (Å²) in [7, 11) is 0. The summed E-state index contributed by atoms with van der Waals surface area (Å²) in [4.78, 5) is 48.3. The van der Waals surface area contributed by atoms with Crippen molar-refractivity contribution in [3.63, 3.8) is 0 Å². The fourth-order valence-electron chi connectivity index (χ4n) is 4.39. The molecule has 0 amide bonds. The second-order valence-electron chi connectivity index (χ2n) is 9.36. The maximum absolute atomic E-state index is 12.4. The molecule has 194 valence electrons. The zero-order chi connectivity index (χ0) is 24.4. The van der Waals surface area contributed by atoms with Crippen molar-refractivity contribution >= 4 is 23.9 Å². The van der Waals surface area contributed by atoms with E-state index in [9.17, 15) is 19.2 Å². The Kier molecular flexibility index (Phi) is 14.3. The lowest BCUT2D eigenvalue weighted by Gasteiger charge is -2.18. The predicted octanol–water partition coefficient (Wildman–Crippen LogP) is 4.66. The van der Waals surface area contributed by atoms with Gasteiger partial charge in [-0.2, -0.15) is 0 Å². The van der Waals surface area contributed by atoms with Crippen molar-refractivity contribution in [2.24, 2.45) is 11.8 Å². The van der Waals surface area contributed by atoms with E-state index in [1.807, 2.05) is 0 Å². The van der Waals surface area contributed by atoms with Crippen molar-refractivity contribution in [1.29, 1.82) is 0 Å². The number of hydrogen-bond donors (Lipinski definition) is 0. The molecule has 2 unspecified atom stereocenters. The predicted molar refractivity (Wildman–Crippen MR) is 125 cm³/mol. The van der Waals surface area contributed by atoms with Gasteiger partial charge >= 0.3 is 23.9 Å². The van der Waals surface area contributed by atoms with E-state index in [4.69, 9.17) is 18.9 Å². The largest absolute Gasteiger partial charge is 0.466 e. The van der Waals surface area contributed by atoms with Crippen LogP contribution in [0.5, 0.6) is 0 Å². The summed E-state index contributed by atoms with van der Waals surface area (Å²) in [6, 6.07) is 0. The van der Waals surface area contributed by atoms with Crippen molar-refractivity contribution in [2.45, 2.75) is 103 Å². The SMILES string of the molecule is O=C1CCCC(CCCCCCC2CCCC(=O)OCCCCOC2=O)C(=O)OCCCCO1. The first-order chi connectivity index (χ1) is 16.6. The summed E-state index contributed by atoms with van der Waals surface area (Å²) in [6.45, 7) is 1.54. The van der Waals surface area contributed by atoms with Gasteiger partial charge in [-0.15, -0.1) is 0 Å². The highest BCUT2D eigenvalue weighted by Gasteiger charge is 2.22. The highest BCUT2D eigenvalue weighted by Crippen LogP contribution is 2.23. The lowest BCUT2D eigenvalue weighted by atomic mass is 9.93. The Balaban J connectivity index is 1.68. The summed E-state index contributed by atoms with van der Waals surface area (Å²) < 4.78 is 21.2. The second-order valence-corrected chi connectivity index (χ2v) is 9.36. The third-order valence-corrected chi connectivity index (χ3v) is 6.48. The summed E-state index contributed by atoms with van der Waals surface area (Å²) in [6.07, 6.45) is 11.3. The topological polar surface area (TPSA) is 105 Å². The van der Waals surface area contributed by atoms with Crippen LogP contribution in [0, 0.1) is 11.8 Å².